The van der Waals surface area contributed by atoms with E-state index in [2.05, 4.69) is 9.30 Å². The third-order valence-electron chi connectivity index (χ3n) is 6.40. The monoisotopic (exact) mass is 520 g/mol. The number of benzene rings is 2. The Labute approximate surface area is 208 Å². The molecule has 2 saturated heterocycles. The normalized spacial score (nSPS) is 20.9. The first kappa shape index (κ1) is 25.8. The van der Waals surface area contributed by atoms with Crippen LogP contribution in [0.5, 0.6) is 0 Å². The molecule has 0 spiro atoms. The van der Waals surface area contributed by atoms with Crippen LogP contribution in [0.25, 0.3) is 0 Å². The average molecular weight is 521 g/mol. The highest BCUT2D eigenvalue weighted by atomic mass is 32.2. The Morgan fingerprint density at radius 1 is 0.857 bits per heavy atom. The van der Waals surface area contributed by atoms with E-state index in [9.17, 15) is 16.8 Å². The quantitative estimate of drug-likeness (QED) is 0.425. The summed E-state index contributed by atoms with van der Waals surface area (Å²) in [5.74, 6) is 0.335. The van der Waals surface area contributed by atoms with Gasteiger partial charge >= 0.3 is 0 Å². The van der Waals surface area contributed by atoms with Crippen molar-refractivity contribution < 1.29 is 21.6 Å². The molecule has 2 fully saturated rings. The topological polar surface area (TPSA) is 99.6 Å². The van der Waals surface area contributed by atoms with Gasteiger partial charge in [0.25, 0.3) is 10.0 Å². The summed E-state index contributed by atoms with van der Waals surface area (Å²) >= 11 is 0. The first-order valence-corrected chi connectivity index (χ1v) is 14.5. The van der Waals surface area contributed by atoms with Crippen molar-refractivity contribution in [3.63, 3.8) is 0 Å². The van der Waals surface area contributed by atoms with Crippen molar-refractivity contribution in [2.75, 3.05) is 45.9 Å². The molecule has 0 aliphatic carbocycles. The second-order valence-corrected chi connectivity index (χ2v) is 12.4. The van der Waals surface area contributed by atoms with Gasteiger partial charge in [0.15, 0.2) is 0 Å². The maximum Gasteiger partial charge on any atom is 0.283 e. The van der Waals surface area contributed by atoms with Crippen LogP contribution in [-0.4, -0.2) is 88.9 Å². The van der Waals surface area contributed by atoms with Gasteiger partial charge in [-0.2, -0.15) is 12.7 Å². The summed E-state index contributed by atoms with van der Waals surface area (Å²) < 4.78 is 64.2. The fourth-order valence-corrected chi connectivity index (χ4v) is 6.89. The molecule has 4 rings (SSSR count). The van der Waals surface area contributed by atoms with Gasteiger partial charge in [0, 0.05) is 26.2 Å². The van der Waals surface area contributed by atoms with Crippen molar-refractivity contribution in [3.8, 4) is 0 Å². The summed E-state index contributed by atoms with van der Waals surface area (Å²) in [5.41, 5.74) is 1.92. The zero-order valence-corrected chi connectivity index (χ0v) is 21.9. The Kier molecular flexibility index (Phi) is 7.62. The Bertz CT molecular complexity index is 1270. The highest BCUT2D eigenvalue weighted by Crippen LogP contribution is 2.26. The van der Waals surface area contributed by atoms with E-state index in [0.717, 1.165) is 11.1 Å². The summed E-state index contributed by atoms with van der Waals surface area (Å²) in [4.78, 5) is 4.19. The zero-order valence-electron chi connectivity index (χ0n) is 20.3. The van der Waals surface area contributed by atoms with E-state index in [1.807, 2.05) is 13.8 Å². The largest absolute Gasteiger partial charge is 0.379 e. The number of rotatable bonds is 6. The van der Waals surface area contributed by atoms with Crippen LogP contribution in [0.1, 0.15) is 18.1 Å². The van der Waals surface area contributed by atoms with Crippen LogP contribution in [0.3, 0.4) is 0 Å². The van der Waals surface area contributed by atoms with Gasteiger partial charge in [0.05, 0.1) is 35.7 Å². The number of aryl methyl sites for hydroxylation is 2. The summed E-state index contributed by atoms with van der Waals surface area (Å²) in [6.07, 6.45) is -0.589. The minimum atomic E-state index is -3.98. The molecule has 190 valence electrons. The van der Waals surface area contributed by atoms with Gasteiger partial charge in [-0.15, -0.1) is 4.40 Å². The van der Waals surface area contributed by atoms with Crippen molar-refractivity contribution in [1.82, 2.24) is 14.1 Å². The van der Waals surface area contributed by atoms with Crippen LogP contribution in [0.4, 0.5) is 0 Å². The second-order valence-electron chi connectivity index (χ2n) is 8.94. The van der Waals surface area contributed by atoms with E-state index in [0.29, 0.717) is 38.7 Å². The maximum atomic E-state index is 13.4. The SMILES string of the molecule is Cc1ccc(S(=O)(=O)/N=C(/CN2CCOCC2)N2CCN(S(=O)(=O)c3ccc(C)cc3)C2C)cc1. The number of nitrogens with zero attached hydrogens (tertiary/aromatic N) is 4. The van der Waals surface area contributed by atoms with Crippen molar-refractivity contribution in [1.29, 1.82) is 0 Å². The predicted molar refractivity (Wildman–Crippen MR) is 134 cm³/mol. The Morgan fingerprint density at radius 2 is 1.40 bits per heavy atom. The molecule has 0 saturated carbocycles. The van der Waals surface area contributed by atoms with E-state index in [-0.39, 0.29) is 22.9 Å². The molecular weight excluding hydrogens is 488 g/mol. The van der Waals surface area contributed by atoms with Crippen molar-refractivity contribution in [3.05, 3.63) is 59.7 Å². The molecule has 2 aliphatic heterocycles. The molecule has 1 unspecified atom stereocenters. The molecule has 9 nitrogen and oxygen atoms in total. The van der Waals surface area contributed by atoms with Crippen molar-refractivity contribution >= 4 is 25.9 Å². The molecule has 2 aliphatic rings. The van der Waals surface area contributed by atoms with E-state index in [1.54, 1.807) is 60.4 Å². The van der Waals surface area contributed by atoms with Gasteiger partial charge in [0.1, 0.15) is 5.84 Å². The first-order chi connectivity index (χ1) is 16.6. The first-order valence-electron chi connectivity index (χ1n) is 11.6. The highest BCUT2D eigenvalue weighted by Gasteiger charge is 2.39. The molecule has 0 amide bonds. The standard InChI is InChI=1S/C24H32N4O5S2/c1-19-4-8-22(9-5-19)34(29,30)25-24(18-26-14-16-33-17-15-26)27-12-13-28(21(27)3)35(31,32)23-10-6-20(2)7-11-23/h4-11,21H,12-18H2,1-3H3/b25-24-. The number of ether oxygens (including phenoxy) is 1. The third-order valence-corrected chi connectivity index (χ3v) is 9.69. The Hall–Kier alpha value is -2.31. The van der Waals surface area contributed by atoms with Crippen LogP contribution < -0.4 is 0 Å². The number of amidine groups is 1. The highest BCUT2D eigenvalue weighted by molar-refractivity contribution is 7.90. The van der Waals surface area contributed by atoms with Crippen LogP contribution in [0, 0.1) is 13.8 Å². The van der Waals surface area contributed by atoms with Gasteiger partial charge in [-0.3, -0.25) is 4.90 Å². The molecule has 0 aromatic heterocycles. The van der Waals surface area contributed by atoms with E-state index in [4.69, 9.17) is 4.74 Å². The van der Waals surface area contributed by atoms with Crippen molar-refractivity contribution in [2.24, 2.45) is 4.40 Å². The number of sulfonamides is 2. The lowest BCUT2D eigenvalue weighted by Gasteiger charge is -2.33. The lowest BCUT2D eigenvalue weighted by Crippen LogP contribution is -2.48. The number of morpholine rings is 1. The summed E-state index contributed by atoms with van der Waals surface area (Å²) in [5, 5.41) is 0. The molecule has 35 heavy (non-hydrogen) atoms. The minimum absolute atomic E-state index is 0.110. The fourth-order valence-electron chi connectivity index (χ4n) is 4.28. The van der Waals surface area contributed by atoms with E-state index < -0.39 is 26.2 Å². The summed E-state index contributed by atoms with van der Waals surface area (Å²) in [6.45, 7) is 8.85. The Balaban J connectivity index is 1.66. The van der Waals surface area contributed by atoms with Crippen LogP contribution in [0.15, 0.2) is 62.7 Å². The summed E-state index contributed by atoms with van der Waals surface area (Å²) in [7, 11) is -7.73. The third kappa shape index (κ3) is 5.75. The molecule has 2 aromatic rings. The smallest absolute Gasteiger partial charge is 0.283 e. The zero-order chi connectivity index (χ0) is 25.2. The molecule has 0 radical (unpaired) electrons. The van der Waals surface area contributed by atoms with Crippen molar-refractivity contribution in [2.45, 2.75) is 36.7 Å². The average Bonchev–Trinajstić information content (AvgIpc) is 3.22. The molecule has 2 aromatic carbocycles. The van der Waals surface area contributed by atoms with Gasteiger partial charge in [0.2, 0.25) is 10.0 Å². The molecular formula is C24H32N4O5S2. The van der Waals surface area contributed by atoms with Crippen LogP contribution >= 0.6 is 0 Å². The predicted octanol–water partition coefficient (Wildman–Crippen LogP) is 2.08. The Morgan fingerprint density at radius 3 is 1.97 bits per heavy atom. The molecule has 0 bridgehead atoms. The number of hydrogen-bond acceptors (Lipinski definition) is 6. The summed E-state index contributed by atoms with van der Waals surface area (Å²) in [6, 6.07) is 13.3. The van der Waals surface area contributed by atoms with Gasteiger partial charge in [-0.25, -0.2) is 8.42 Å². The molecule has 11 heteroatoms. The van der Waals surface area contributed by atoms with Crippen LogP contribution in [0.2, 0.25) is 0 Å². The second kappa shape index (κ2) is 10.4. The fraction of sp³-hybridized carbons (Fsp3) is 0.458. The lowest BCUT2D eigenvalue weighted by atomic mass is 10.2. The molecule has 0 N–H and O–H groups in total. The molecule has 2 heterocycles. The van der Waals surface area contributed by atoms with Crippen LogP contribution in [-0.2, 0) is 24.8 Å². The minimum Gasteiger partial charge on any atom is -0.379 e. The van der Waals surface area contributed by atoms with E-state index in [1.165, 1.54) is 4.31 Å². The molecule has 1 atom stereocenters. The lowest BCUT2D eigenvalue weighted by molar-refractivity contribution is 0.0439. The van der Waals surface area contributed by atoms with E-state index >= 15 is 0 Å². The van der Waals surface area contributed by atoms with Gasteiger partial charge in [-0.1, -0.05) is 35.4 Å². The number of hydrogen-bond donors (Lipinski definition) is 0. The van der Waals surface area contributed by atoms with Gasteiger partial charge < -0.3 is 9.64 Å². The van der Waals surface area contributed by atoms with Gasteiger partial charge in [-0.05, 0) is 45.0 Å². The maximum absolute atomic E-state index is 13.4.